The summed E-state index contributed by atoms with van der Waals surface area (Å²) in [7, 11) is 0. The number of carbonyl (C=O) groups is 1. The van der Waals surface area contributed by atoms with Crippen molar-refractivity contribution in [3.05, 3.63) is 23.8 Å². The van der Waals surface area contributed by atoms with E-state index in [-0.39, 0.29) is 0 Å². The molecule has 23 heavy (non-hydrogen) atoms. The van der Waals surface area contributed by atoms with E-state index in [4.69, 9.17) is 5.11 Å². The van der Waals surface area contributed by atoms with Gasteiger partial charge in [-0.3, -0.25) is 0 Å². The molecule has 0 saturated heterocycles. The standard InChI is InChI=1S/C21H38O2/c1-3-4-5-6-7-8-9-10-11-12-13-14-15-16-17-18-19-20(2)21(22)23/h13-14,19H,3-12,15-18H2,1-2H3,(H,22,23)/b14-13+,20-19+. The molecule has 0 fully saturated rings. The lowest BCUT2D eigenvalue weighted by Gasteiger charge is -2.00. The first-order valence-corrected chi connectivity index (χ1v) is 9.73. The predicted octanol–water partition coefficient (Wildman–Crippen LogP) is 7.05. The van der Waals surface area contributed by atoms with Crippen molar-refractivity contribution >= 4 is 5.97 Å². The van der Waals surface area contributed by atoms with Gasteiger partial charge in [0.15, 0.2) is 0 Å². The van der Waals surface area contributed by atoms with Crippen LogP contribution < -0.4 is 0 Å². The number of carboxylic acids is 1. The molecule has 0 atom stereocenters. The molecular weight excluding hydrogens is 284 g/mol. The molecule has 0 aliphatic rings. The highest BCUT2D eigenvalue weighted by molar-refractivity contribution is 5.85. The molecule has 0 aromatic carbocycles. The fraction of sp³-hybridized carbons (Fsp3) is 0.762. The molecule has 0 unspecified atom stereocenters. The molecular formula is C21H38O2. The molecule has 0 saturated carbocycles. The molecule has 0 spiro atoms. The third-order valence-corrected chi connectivity index (χ3v) is 4.25. The van der Waals surface area contributed by atoms with Crippen LogP contribution in [0.15, 0.2) is 23.8 Å². The van der Waals surface area contributed by atoms with Crippen LogP contribution in [0.5, 0.6) is 0 Å². The average Bonchev–Trinajstić information content (AvgIpc) is 2.54. The molecule has 0 aliphatic heterocycles. The third kappa shape index (κ3) is 17.1. The Hall–Kier alpha value is -1.05. The lowest BCUT2D eigenvalue weighted by molar-refractivity contribution is -0.132. The fourth-order valence-electron chi connectivity index (χ4n) is 2.62. The molecule has 1 N–H and O–H groups in total. The van der Waals surface area contributed by atoms with Crippen molar-refractivity contribution in [3.63, 3.8) is 0 Å². The van der Waals surface area contributed by atoms with Gasteiger partial charge >= 0.3 is 5.97 Å². The Balaban J connectivity index is 3.23. The smallest absolute Gasteiger partial charge is 0.330 e. The minimum absolute atomic E-state index is 0.464. The van der Waals surface area contributed by atoms with Crippen molar-refractivity contribution in [2.24, 2.45) is 0 Å². The van der Waals surface area contributed by atoms with Crippen LogP contribution in [0.2, 0.25) is 0 Å². The van der Waals surface area contributed by atoms with Gasteiger partial charge in [0, 0.05) is 5.57 Å². The van der Waals surface area contributed by atoms with Crippen LogP contribution >= 0.6 is 0 Å². The summed E-state index contributed by atoms with van der Waals surface area (Å²) in [6, 6.07) is 0. The number of carboxylic acid groups (broad SMARTS) is 1. The highest BCUT2D eigenvalue weighted by atomic mass is 16.4. The Morgan fingerprint density at radius 3 is 1.70 bits per heavy atom. The molecule has 0 radical (unpaired) electrons. The minimum atomic E-state index is -0.800. The largest absolute Gasteiger partial charge is 0.478 e. The Kier molecular flexibility index (Phi) is 16.5. The van der Waals surface area contributed by atoms with Gasteiger partial charge in [-0.15, -0.1) is 0 Å². The lowest BCUT2D eigenvalue weighted by Crippen LogP contribution is -1.95. The van der Waals surface area contributed by atoms with E-state index in [1.54, 1.807) is 6.92 Å². The molecule has 0 rings (SSSR count). The Bertz CT molecular complexity index is 329. The van der Waals surface area contributed by atoms with Crippen LogP contribution in [-0.2, 0) is 4.79 Å². The van der Waals surface area contributed by atoms with Crippen molar-refractivity contribution in [3.8, 4) is 0 Å². The van der Waals surface area contributed by atoms with Crippen LogP contribution in [0.25, 0.3) is 0 Å². The summed E-state index contributed by atoms with van der Waals surface area (Å²) < 4.78 is 0. The number of hydrogen-bond donors (Lipinski definition) is 1. The van der Waals surface area contributed by atoms with Crippen LogP contribution in [0.1, 0.15) is 104 Å². The van der Waals surface area contributed by atoms with Crippen molar-refractivity contribution in [2.45, 2.75) is 104 Å². The second kappa shape index (κ2) is 17.3. The first kappa shape index (κ1) is 21.9. The molecule has 0 bridgehead atoms. The van der Waals surface area contributed by atoms with E-state index < -0.39 is 5.97 Å². The highest BCUT2D eigenvalue weighted by Crippen LogP contribution is 2.11. The molecule has 2 heteroatoms. The topological polar surface area (TPSA) is 37.3 Å². The summed E-state index contributed by atoms with van der Waals surface area (Å²) in [6.45, 7) is 3.93. The summed E-state index contributed by atoms with van der Waals surface area (Å²) in [6.07, 6.45) is 24.4. The number of rotatable bonds is 16. The van der Waals surface area contributed by atoms with E-state index in [0.717, 1.165) is 25.7 Å². The summed E-state index contributed by atoms with van der Waals surface area (Å²) >= 11 is 0. The van der Waals surface area contributed by atoms with Gasteiger partial charge in [0.05, 0.1) is 0 Å². The van der Waals surface area contributed by atoms with Crippen molar-refractivity contribution in [1.82, 2.24) is 0 Å². The monoisotopic (exact) mass is 322 g/mol. The van der Waals surface area contributed by atoms with Gasteiger partial charge in [0.2, 0.25) is 0 Å². The van der Waals surface area contributed by atoms with E-state index in [1.165, 1.54) is 64.2 Å². The summed E-state index contributed by atoms with van der Waals surface area (Å²) in [5.74, 6) is -0.800. The zero-order valence-corrected chi connectivity index (χ0v) is 15.5. The summed E-state index contributed by atoms with van der Waals surface area (Å²) in [5.41, 5.74) is 0.464. The highest BCUT2D eigenvalue weighted by Gasteiger charge is 1.97. The maximum absolute atomic E-state index is 10.6. The van der Waals surface area contributed by atoms with Gasteiger partial charge in [-0.25, -0.2) is 4.79 Å². The Morgan fingerprint density at radius 1 is 0.739 bits per heavy atom. The Labute approximate surface area is 144 Å². The van der Waals surface area contributed by atoms with Gasteiger partial charge in [0.1, 0.15) is 0 Å². The second-order valence-corrected chi connectivity index (χ2v) is 6.57. The fourth-order valence-corrected chi connectivity index (χ4v) is 2.62. The number of hydrogen-bond acceptors (Lipinski definition) is 1. The van der Waals surface area contributed by atoms with Crippen molar-refractivity contribution in [1.29, 1.82) is 0 Å². The van der Waals surface area contributed by atoms with Gasteiger partial charge < -0.3 is 5.11 Å². The maximum atomic E-state index is 10.6. The summed E-state index contributed by atoms with van der Waals surface area (Å²) in [5, 5.41) is 8.73. The molecule has 0 amide bonds. The molecule has 0 aromatic heterocycles. The second-order valence-electron chi connectivity index (χ2n) is 6.57. The SMILES string of the molecule is CCCCCCCCCCC/C=C/CCCC/C=C(\C)C(=O)O. The van der Waals surface area contributed by atoms with Gasteiger partial charge in [-0.1, -0.05) is 76.5 Å². The van der Waals surface area contributed by atoms with E-state index >= 15 is 0 Å². The minimum Gasteiger partial charge on any atom is -0.478 e. The molecule has 0 aliphatic carbocycles. The van der Waals surface area contributed by atoms with Crippen LogP contribution in [0.4, 0.5) is 0 Å². The summed E-state index contributed by atoms with van der Waals surface area (Å²) in [4.78, 5) is 10.6. The van der Waals surface area contributed by atoms with E-state index in [0.29, 0.717) is 5.57 Å². The van der Waals surface area contributed by atoms with E-state index in [2.05, 4.69) is 19.1 Å². The predicted molar refractivity (Wildman–Crippen MR) is 101 cm³/mol. The van der Waals surface area contributed by atoms with E-state index in [9.17, 15) is 4.79 Å². The molecule has 2 nitrogen and oxygen atoms in total. The van der Waals surface area contributed by atoms with Gasteiger partial charge in [-0.05, 0) is 45.4 Å². The Morgan fingerprint density at radius 2 is 1.17 bits per heavy atom. The number of allylic oxidation sites excluding steroid dienone is 3. The first-order valence-electron chi connectivity index (χ1n) is 9.73. The van der Waals surface area contributed by atoms with Crippen molar-refractivity contribution in [2.75, 3.05) is 0 Å². The zero-order valence-electron chi connectivity index (χ0n) is 15.5. The van der Waals surface area contributed by atoms with Crippen molar-refractivity contribution < 1.29 is 9.90 Å². The van der Waals surface area contributed by atoms with E-state index in [1.807, 2.05) is 6.08 Å². The van der Waals surface area contributed by atoms with Crippen LogP contribution in [0, 0.1) is 0 Å². The van der Waals surface area contributed by atoms with Gasteiger partial charge in [-0.2, -0.15) is 0 Å². The number of aliphatic carboxylic acids is 1. The zero-order chi connectivity index (χ0) is 17.2. The van der Waals surface area contributed by atoms with Crippen LogP contribution in [-0.4, -0.2) is 11.1 Å². The molecule has 0 aromatic rings. The van der Waals surface area contributed by atoms with Crippen LogP contribution in [0.3, 0.4) is 0 Å². The molecule has 134 valence electrons. The van der Waals surface area contributed by atoms with Gasteiger partial charge in [0.25, 0.3) is 0 Å². The molecule has 0 heterocycles. The first-order chi connectivity index (χ1) is 11.2. The number of unbranched alkanes of at least 4 members (excludes halogenated alkanes) is 12. The average molecular weight is 323 g/mol. The quantitative estimate of drug-likeness (QED) is 0.188. The third-order valence-electron chi connectivity index (χ3n) is 4.25. The lowest BCUT2D eigenvalue weighted by atomic mass is 10.1. The normalized spacial score (nSPS) is 12.2. The maximum Gasteiger partial charge on any atom is 0.330 e.